The normalized spacial score (nSPS) is 11.6. The second-order valence-corrected chi connectivity index (χ2v) is 7.71. The number of aliphatic imine (C=N–C) groups is 1. The fraction of sp³-hybridized carbons (Fsp3) is 0.217. The number of nitrogens with one attached hydrogen (secondary N) is 2. The molecule has 2 heterocycles. The van der Waals surface area contributed by atoms with Gasteiger partial charge in [0.15, 0.2) is 5.96 Å². The quantitative estimate of drug-likeness (QED) is 0.340. The highest BCUT2D eigenvalue weighted by atomic mass is 35.5. The standard InChI is InChI=1S/C23H24ClN7O/c1-15-11-16(2)31(29-15)20-10-5-4-7-18(20)13-26-23(25-3)27-14-21-28-22(30-32-21)17-8-6-9-19(24)12-17/h4-12H,13-14H2,1-3H3,(H2,25,26,27). The van der Waals surface area contributed by atoms with Gasteiger partial charge >= 0.3 is 0 Å². The summed E-state index contributed by atoms with van der Waals surface area (Å²) in [5.41, 5.74) is 5.01. The van der Waals surface area contributed by atoms with Gasteiger partial charge in [0.05, 0.1) is 17.9 Å². The van der Waals surface area contributed by atoms with Gasteiger partial charge in [-0.2, -0.15) is 10.1 Å². The molecule has 0 unspecified atom stereocenters. The molecule has 0 radical (unpaired) electrons. The largest absolute Gasteiger partial charge is 0.352 e. The van der Waals surface area contributed by atoms with Crippen LogP contribution in [0.25, 0.3) is 17.1 Å². The van der Waals surface area contributed by atoms with Gasteiger partial charge in [0.2, 0.25) is 11.7 Å². The van der Waals surface area contributed by atoms with E-state index in [1.54, 1.807) is 19.2 Å². The van der Waals surface area contributed by atoms with Crippen LogP contribution in [0, 0.1) is 13.8 Å². The van der Waals surface area contributed by atoms with Crippen molar-refractivity contribution in [1.29, 1.82) is 0 Å². The van der Waals surface area contributed by atoms with Crippen LogP contribution in [0.15, 0.2) is 64.1 Å². The number of nitrogens with zero attached hydrogens (tertiary/aromatic N) is 5. The summed E-state index contributed by atoms with van der Waals surface area (Å²) < 4.78 is 7.30. The number of aryl methyl sites for hydroxylation is 2. The average Bonchev–Trinajstić information content (AvgIpc) is 3.40. The van der Waals surface area contributed by atoms with Crippen molar-refractivity contribution >= 4 is 17.6 Å². The van der Waals surface area contributed by atoms with Crippen LogP contribution in [0.2, 0.25) is 5.02 Å². The molecule has 4 rings (SSSR count). The van der Waals surface area contributed by atoms with Crippen molar-refractivity contribution in [1.82, 2.24) is 30.6 Å². The Balaban J connectivity index is 1.39. The maximum atomic E-state index is 6.04. The number of aromatic nitrogens is 4. The van der Waals surface area contributed by atoms with Crippen molar-refractivity contribution in [2.75, 3.05) is 7.05 Å². The minimum atomic E-state index is 0.340. The molecule has 164 valence electrons. The Bertz CT molecular complexity index is 1240. The van der Waals surface area contributed by atoms with Gasteiger partial charge < -0.3 is 15.2 Å². The van der Waals surface area contributed by atoms with Gasteiger partial charge in [0.25, 0.3) is 0 Å². The summed E-state index contributed by atoms with van der Waals surface area (Å²) in [5, 5.41) is 15.8. The van der Waals surface area contributed by atoms with Gasteiger partial charge in [-0.05, 0) is 43.7 Å². The lowest BCUT2D eigenvalue weighted by molar-refractivity contribution is 0.375. The third kappa shape index (κ3) is 4.97. The van der Waals surface area contributed by atoms with Crippen molar-refractivity contribution < 1.29 is 4.52 Å². The van der Waals surface area contributed by atoms with E-state index in [1.807, 2.05) is 42.8 Å². The minimum absolute atomic E-state index is 0.340. The lowest BCUT2D eigenvalue weighted by atomic mass is 10.1. The van der Waals surface area contributed by atoms with E-state index in [-0.39, 0.29) is 0 Å². The molecule has 2 aromatic heterocycles. The molecule has 9 heteroatoms. The topological polar surface area (TPSA) is 93.2 Å². The van der Waals surface area contributed by atoms with E-state index < -0.39 is 0 Å². The number of halogens is 1. The number of rotatable bonds is 6. The van der Waals surface area contributed by atoms with Gasteiger partial charge in [0, 0.05) is 29.9 Å². The number of para-hydroxylation sites is 1. The Hall–Kier alpha value is -3.65. The molecule has 0 saturated carbocycles. The highest BCUT2D eigenvalue weighted by molar-refractivity contribution is 6.30. The monoisotopic (exact) mass is 449 g/mol. The summed E-state index contributed by atoms with van der Waals surface area (Å²) in [6.07, 6.45) is 0. The van der Waals surface area contributed by atoms with Crippen LogP contribution >= 0.6 is 11.6 Å². The summed E-state index contributed by atoms with van der Waals surface area (Å²) in [5.74, 6) is 1.56. The molecule has 0 atom stereocenters. The third-order valence-electron chi connectivity index (χ3n) is 4.86. The molecule has 2 aromatic carbocycles. The summed E-state index contributed by atoms with van der Waals surface area (Å²) in [6, 6.07) is 17.5. The molecule has 0 spiro atoms. The molecule has 0 aliphatic heterocycles. The maximum Gasteiger partial charge on any atom is 0.246 e. The van der Waals surface area contributed by atoms with E-state index in [1.165, 1.54) is 0 Å². The van der Waals surface area contributed by atoms with Gasteiger partial charge in [0.1, 0.15) is 0 Å². The maximum absolute atomic E-state index is 6.04. The number of guanidine groups is 1. The molecule has 0 aliphatic carbocycles. The van der Waals surface area contributed by atoms with E-state index in [2.05, 4.69) is 49.1 Å². The van der Waals surface area contributed by atoms with Crippen molar-refractivity contribution in [3.8, 4) is 17.1 Å². The predicted molar refractivity (Wildman–Crippen MR) is 125 cm³/mol. The zero-order valence-electron chi connectivity index (χ0n) is 18.1. The molecule has 0 saturated heterocycles. The van der Waals surface area contributed by atoms with Crippen LogP contribution < -0.4 is 10.6 Å². The molecule has 2 N–H and O–H groups in total. The van der Waals surface area contributed by atoms with Gasteiger partial charge in [-0.3, -0.25) is 4.99 Å². The first-order valence-corrected chi connectivity index (χ1v) is 10.6. The van der Waals surface area contributed by atoms with E-state index in [0.717, 1.165) is 28.2 Å². The van der Waals surface area contributed by atoms with Gasteiger partial charge in [-0.1, -0.05) is 47.1 Å². The van der Waals surface area contributed by atoms with E-state index >= 15 is 0 Å². The van der Waals surface area contributed by atoms with Gasteiger partial charge in [-0.15, -0.1) is 0 Å². The first-order chi connectivity index (χ1) is 15.5. The highest BCUT2D eigenvalue weighted by Gasteiger charge is 2.11. The summed E-state index contributed by atoms with van der Waals surface area (Å²) in [7, 11) is 1.72. The Labute approximate surface area is 191 Å². The van der Waals surface area contributed by atoms with Crippen LogP contribution in [-0.4, -0.2) is 32.9 Å². The molecule has 0 aliphatic rings. The average molecular weight is 450 g/mol. The molecule has 4 aromatic rings. The Kier molecular flexibility index (Phi) is 6.51. The molecule has 0 fully saturated rings. The van der Waals surface area contributed by atoms with Crippen LogP contribution in [0.1, 0.15) is 22.8 Å². The number of benzene rings is 2. The van der Waals surface area contributed by atoms with Crippen LogP contribution in [0.4, 0.5) is 0 Å². The molecule has 32 heavy (non-hydrogen) atoms. The van der Waals surface area contributed by atoms with Crippen molar-refractivity contribution in [2.24, 2.45) is 4.99 Å². The fourth-order valence-electron chi connectivity index (χ4n) is 3.37. The first kappa shape index (κ1) is 21.6. The second-order valence-electron chi connectivity index (χ2n) is 7.27. The molecule has 0 bridgehead atoms. The Morgan fingerprint density at radius 1 is 1.06 bits per heavy atom. The summed E-state index contributed by atoms with van der Waals surface area (Å²) >= 11 is 6.04. The van der Waals surface area contributed by atoms with Crippen molar-refractivity contribution in [2.45, 2.75) is 26.9 Å². The van der Waals surface area contributed by atoms with Crippen molar-refractivity contribution in [3.63, 3.8) is 0 Å². The zero-order chi connectivity index (χ0) is 22.5. The zero-order valence-corrected chi connectivity index (χ0v) is 18.9. The van der Waals surface area contributed by atoms with E-state index in [4.69, 9.17) is 16.1 Å². The van der Waals surface area contributed by atoms with E-state index in [9.17, 15) is 0 Å². The Morgan fingerprint density at radius 3 is 2.62 bits per heavy atom. The molecular formula is C23H24ClN7O. The highest BCUT2D eigenvalue weighted by Crippen LogP contribution is 2.20. The third-order valence-corrected chi connectivity index (χ3v) is 5.09. The summed E-state index contributed by atoms with van der Waals surface area (Å²) in [6.45, 7) is 4.95. The van der Waals surface area contributed by atoms with Crippen LogP contribution in [0.3, 0.4) is 0 Å². The molecule has 8 nitrogen and oxygen atoms in total. The lowest BCUT2D eigenvalue weighted by Crippen LogP contribution is -2.36. The van der Waals surface area contributed by atoms with Crippen LogP contribution in [0.5, 0.6) is 0 Å². The number of hydrogen-bond donors (Lipinski definition) is 2. The lowest BCUT2D eigenvalue weighted by Gasteiger charge is -2.14. The molecular weight excluding hydrogens is 426 g/mol. The smallest absolute Gasteiger partial charge is 0.246 e. The van der Waals surface area contributed by atoms with Crippen molar-refractivity contribution in [3.05, 3.63) is 82.5 Å². The Morgan fingerprint density at radius 2 is 1.88 bits per heavy atom. The summed E-state index contributed by atoms with van der Waals surface area (Å²) in [4.78, 5) is 8.70. The number of hydrogen-bond acceptors (Lipinski definition) is 5. The minimum Gasteiger partial charge on any atom is -0.352 e. The SMILES string of the molecule is CN=C(NCc1nc(-c2cccc(Cl)c2)no1)NCc1ccccc1-n1nc(C)cc1C. The first-order valence-electron chi connectivity index (χ1n) is 10.2. The van der Waals surface area contributed by atoms with Gasteiger partial charge in [-0.25, -0.2) is 4.68 Å². The van der Waals surface area contributed by atoms with Crippen LogP contribution in [-0.2, 0) is 13.1 Å². The predicted octanol–water partition coefficient (Wildman–Crippen LogP) is 4.06. The second kappa shape index (κ2) is 9.65. The molecule has 0 amide bonds. The fourth-order valence-corrected chi connectivity index (χ4v) is 3.56. The van der Waals surface area contributed by atoms with E-state index in [0.29, 0.717) is 35.8 Å².